The summed E-state index contributed by atoms with van der Waals surface area (Å²) in [7, 11) is 0. The van der Waals surface area contributed by atoms with Crippen molar-refractivity contribution in [2.75, 3.05) is 19.6 Å². The van der Waals surface area contributed by atoms with Crippen LogP contribution in [0.25, 0.3) is 11.0 Å². The lowest BCUT2D eigenvalue weighted by molar-refractivity contribution is 0.0894. The largest absolute Gasteiger partial charge is 0.359 e. The molecule has 6 nitrogen and oxygen atoms in total. The summed E-state index contributed by atoms with van der Waals surface area (Å²) in [5, 5.41) is 0. The summed E-state index contributed by atoms with van der Waals surface area (Å²) in [4.78, 5) is 32.5. The van der Waals surface area contributed by atoms with Crippen LogP contribution in [0, 0.1) is 0 Å². The van der Waals surface area contributed by atoms with Crippen LogP contribution in [0.5, 0.6) is 0 Å². The lowest BCUT2D eigenvalue weighted by Gasteiger charge is -2.31. The number of nitrogens with zero attached hydrogens (tertiary/aromatic N) is 2. The van der Waals surface area contributed by atoms with Crippen LogP contribution >= 0.6 is 0 Å². The number of carbonyl (C=O) groups is 1. The van der Waals surface area contributed by atoms with E-state index in [1.54, 1.807) is 12.3 Å². The Hall–Kier alpha value is -2.60. The highest BCUT2D eigenvalue weighted by molar-refractivity contribution is 5.95. The summed E-state index contributed by atoms with van der Waals surface area (Å²) < 4.78 is 1.87. The first kappa shape index (κ1) is 15.0. The molecule has 0 atom stereocenters. The zero-order valence-corrected chi connectivity index (χ0v) is 13.4. The van der Waals surface area contributed by atoms with Crippen molar-refractivity contribution in [3.63, 3.8) is 0 Å². The van der Waals surface area contributed by atoms with E-state index in [9.17, 15) is 9.59 Å². The van der Waals surface area contributed by atoms with Gasteiger partial charge < -0.3 is 9.97 Å². The average Bonchev–Trinajstić information content (AvgIpc) is 3.23. The van der Waals surface area contributed by atoms with Crippen LogP contribution in [-0.2, 0) is 0 Å². The summed E-state index contributed by atoms with van der Waals surface area (Å²) in [6, 6.07) is 11.6. The number of hydrogen-bond acceptors (Lipinski definition) is 3. The maximum absolute atomic E-state index is 12.3. The van der Waals surface area contributed by atoms with E-state index >= 15 is 0 Å². The Bertz CT molecular complexity index is 899. The van der Waals surface area contributed by atoms with E-state index in [4.69, 9.17) is 0 Å². The monoisotopic (exact) mass is 324 g/mol. The number of nitrogens with one attached hydrogen (secondary N) is 2. The fraction of sp³-hybridized carbons (Fsp3) is 0.333. The molecule has 3 heterocycles. The molecular formula is C18H20N4O2. The summed E-state index contributed by atoms with van der Waals surface area (Å²) >= 11 is 0. The van der Waals surface area contributed by atoms with E-state index in [0.717, 1.165) is 37.0 Å². The van der Waals surface area contributed by atoms with Crippen molar-refractivity contribution in [3.05, 3.63) is 58.8 Å². The standard InChI is InChI=1S/C18H20N4O2/c23-17(15-5-3-9-19-15)12-21-10-7-13(8-11-21)22-16-6-2-1-4-14(16)20-18(22)24/h1-6,9,13,19H,7-8,10-12H2,(H,20,24). The molecule has 0 radical (unpaired) electrons. The highest BCUT2D eigenvalue weighted by Gasteiger charge is 2.24. The van der Waals surface area contributed by atoms with Crippen molar-refractivity contribution < 1.29 is 4.79 Å². The zero-order chi connectivity index (χ0) is 16.5. The number of fused-ring (bicyclic) bond motifs is 1. The molecule has 0 amide bonds. The number of imidazole rings is 1. The van der Waals surface area contributed by atoms with Crippen molar-refractivity contribution in [3.8, 4) is 0 Å². The first-order valence-electron chi connectivity index (χ1n) is 8.30. The Morgan fingerprint density at radius 3 is 2.67 bits per heavy atom. The minimum absolute atomic E-state index is 0.0443. The summed E-state index contributed by atoms with van der Waals surface area (Å²) in [6.45, 7) is 2.07. The number of para-hydroxylation sites is 2. The van der Waals surface area contributed by atoms with Gasteiger partial charge in [0.05, 0.1) is 23.3 Å². The van der Waals surface area contributed by atoms with Gasteiger partial charge in [0.25, 0.3) is 0 Å². The molecule has 124 valence electrons. The average molecular weight is 324 g/mol. The third-order valence-electron chi connectivity index (χ3n) is 4.81. The number of likely N-dealkylation sites (tertiary alicyclic amines) is 1. The van der Waals surface area contributed by atoms with Crippen molar-refractivity contribution in [2.24, 2.45) is 0 Å². The number of aromatic nitrogens is 3. The van der Waals surface area contributed by atoms with Gasteiger partial charge in [-0.15, -0.1) is 0 Å². The summed E-state index contributed by atoms with van der Waals surface area (Å²) in [6.07, 6.45) is 3.52. The first-order valence-corrected chi connectivity index (χ1v) is 8.30. The molecule has 1 fully saturated rings. The number of aromatic amines is 2. The fourth-order valence-corrected chi connectivity index (χ4v) is 3.56. The molecule has 0 bridgehead atoms. The first-order chi connectivity index (χ1) is 11.7. The number of benzene rings is 1. The molecule has 3 aromatic rings. The van der Waals surface area contributed by atoms with Gasteiger partial charge in [-0.1, -0.05) is 12.1 Å². The number of ketones is 1. The van der Waals surface area contributed by atoms with Gasteiger partial charge in [0.2, 0.25) is 0 Å². The third kappa shape index (κ3) is 2.69. The quantitative estimate of drug-likeness (QED) is 0.722. The predicted octanol–water partition coefficient (Wildman–Crippen LogP) is 2.18. The van der Waals surface area contributed by atoms with Gasteiger partial charge in [0.1, 0.15) is 0 Å². The lowest BCUT2D eigenvalue weighted by atomic mass is 10.0. The van der Waals surface area contributed by atoms with Crippen LogP contribution in [-0.4, -0.2) is 44.9 Å². The van der Waals surface area contributed by atoms with Crippen LogP contribution < -0.4 is 5.69 Å². The highest BCUT2D eigenvalue weighted by atomic mass is 16.1. The minimum atomic E-state index is -0.0443. The number of carbonyl (C=O) groups excluding carboxylic acids is 1. The molecule has 4 rings (SSSR count). The van der Waals surface area contributed by atoms with Crippen molar-refractivity contribution in [1.29, 1.82) is 0 Å². The Balaban J connectivity index is 1.45. The van der Waals surface area contributed by atoms with E-state index in [0.29, 0.717) is 12.2 Å². The molecule has 2 N–H and O–H groups in total. The number of H-pyrrole nitrogens is 2. The molecule has 2 aromatic heterocycles. The van der Waals surface area contributed by atoms with Crippen LogP contribution in [0.1, 0.15) is 29.4 Å². The highest BCUT2D eigenvalue weighted by Crippen LogP contribution is 2.24. The normalized spacial score (nSPS) is 16.7. The van der Waals surface area contributed by atoms with E-state index in [1.807, 2.05) is 34.9 Å². The van der Waals surface area contributed by atoms with Crippen LogP contribution in [0.3, 0.4) is 0 Å². The van der Waals surface area contributed by atoms with Crippen LogP contribution in [0.2, 0.25) is 0 Å². The van der Waals surface area contributed by atoms with Crippen molar-refractivity contribution >= 4 is 16.8 Å². The molecule has 1 aromatic carbocycles. The molecule has 24 heavy (non-hydrogen) atoms. The second-order valence-electron chi connectivity index (χ2n) is 6.33. The van der Waals surface area contributed by atoms with Crippen molar-refractivity contribution in [1.82, 2.24) is 19.4 Å². The molecule has 0 spiro atoms. The molecule has 0 aliphatic carbocycles. The Labute approximate surface area is 139 Å². The van der Waals surface area contributed by atoms with Gasteiger partial charge >= 0.3 is 5.69 Å². The molecule has 0 unspecified atom stereocenters. The maximum Gasteiger partial charge on any atom is 0.326 e. The van der Waals surface area contributed by atoms with Gasteiger partial charge in [-0.3, -0.25) is 14.3 Å². The Morgan fingerprint density at radius 1 is 1.12 bits per heavy atom. The smallest absolute Gasteiger partial charge is 0.326 e. The number of rotatable bonds is 4. The number of Topliss-reactive ketones (excluding diaryl/α,β-unsaturated/α-hetero) is 1. The molecule has 1 saturated heterocycles. The second-order valence-corrected chi connectivity index (χ2v) is 6.33. The SMILES string of the molecule is O=C(CN1CCC(n2c(=O)[nH]c3ccccc32)CC1)c1ccc[nH]1. The second kappa shape index (κ2) is 6.13. The maximum atomic E-state index is 12.3. The fourth-order valence-electron chi connectivity index (χ4n) is 3.56. The molecule has 0 saturated carbocycles. The van der Waals surface area contributed by atoms with E-state index in [2.05, 4.69) is 14.9 Å². The van der Waals surface area contributed by atoms with Gasteiger partial charge in [-0.05, 0) is 37.1 Å². The number of hydrogen-bond donors (Lipinski definition) is 2. The molecule has 1 aliphatic heterocycles. The van der Waals surface area contributed by atoms with Gasteiger partial charge in [0, 0.05) is 25.3 Å². The summed E-state index contributed by atoms with van der Waals surface area (Å²) in [5.74, 6) is 0.114. The number of piperidine rings is 1. The minimum Gasteiger partial charge on any atom is -0.359 e. The van der Waals surface area contributed by atoms with Crippen LogP contribution in [0.4, 0.5) is 0 Å². The predicted molar refractivity (Wildman–Crippen MR) is 92.4 cm³/mol. The Morgan fingerprint density at radius 2 is 1.92 bits per heavy atom. The van der Waals surface area contributed by atoms with Crippen molar-refractivity contribution in [2.45, 2.75) is 18.9 Å². The van der Waals surface area contributed by atoms with Gasteiger partial charge in [0.15, 0.2) is 5.78 Å². The molecular weight excluding hydrogens is 304 g/mol. The van der Waals surface area contributed by atoms with E-state index < -0.39 is 0 Å². The molecule has 6 heteroatoms. The van der Waals surface area contributed by atoms with E-state index in [-0.39, 0.29) is 17.5 Å². The van der Waals surface area contributed by atoms with Gasteiger partial charge in [-0.25, -0.2) is 4.79 Å². The lowest BCUT2D eigenvalue weighted by Crippen LogP contribution is -2.39. The van der Waals surface area contributed by atoms with Crippen LogP contribution in [0.15, 0.2) is 47.4 Å². The topological polar surface area (TPSA) is 73.9 Å². The zero-order valence-electron chi connectivity index (χ0n) is 13.4. The molecule has 1 aliphatic rings. The van der Waals surface area contributed by atoms with Gasteiger partial charge in [-0.2, -0.15) is 0 Å². The third-order valence-corrected chi connectivity index (χ3v) is 4.81. The Kier molecular flexibility index (Phi) is 3.82. The van der Waals surface area contributed by atoms with E-state index in [1.165, 1.54) is 0 Å². The summed E-state index contributed by atoms with van der Waals surface area (Å²) in [5.41, 5.74) is 2.46.